The first kappa shape index (κ1) is 13.3. The first-order chi connectivity index (χ1) is 6.63. The predicted molar refractivity (Wildman–Crippen MR) is 57.5 cm³/mol. The molecule has 0 spiro atoms. The van der Waals surface area contributed by atoms with Gasteiger partial charge in [0.25, 0.3) is 0 Å². The fourth-order valence-electron chi connectivity index (χ4n) is 2.66. The zero-order chi connectivity index (χ0) is 10.6. The Kier molecular flexibility index (Phi) is 5.73. The van der Waals surface area contributed by atoms with E-state index in [-0.39, 0.29) is 5.54 Å². The van der Waals surface area contributed by atoms with E-state index in [9.17, 15) is 0 Å². The van der Waals surface area contributed by atoms with E-state index in [0.29, 0.717) is 6.54 Å². The van der Waals surface area contributed by atoms with Gasteiger partial charge in [-0.25, -0.2) is 0 Å². The standard InChI is InChI=1S/C9H17N2.2ClH.Pt/c10-6-9(11)4-7-1-2-8(3-7)5-9;;;/h7H,1-6,10-11H2;2*1H;/q-1;;;+2/p-2. The van der Waals surface area contributed by atoms with Crippen molar-refractivity contribution in [3.05, 3.63) is 5.92 Å². The SMILES string of the molecule is NCC1(N)C[C-]2CCC(C2)C1.[Cl][Pt][Cl]. The molecule has 2 unspecified atom stereocenters. The van der Waals surface area contributed by atoms with Gasteiger partial charge in [0.2, 0.25) is 0 Å². The monoisotopic (exact) mass is 418 g/mol. The van der Waals surface area contributed by atoms with Gasteiger partial charge in [0.1, 0.15) is 0 Å². The maximum absolute atomic E-state index is 6.13. The number of hydrogen-bond donors (Lipinski definition) is 2. The van der Waals surface area contributed by atoms with Crippen LogP contribution in [0.4, 0.5) is 0 Å². The molecule has 2 aliphatic carbocycles. The zero-order valence-corrected chi connectivity index (χ0v) is 11.8. The van der Waals surface area contributed by atoms with Gasteiger partial charge in [-0.1, -0.05) is 12.3 Å². The summed E-state index contributed by atoms with van der Waals surface area (Å²) in [5, 5.41) is 0. The van der Waals surface area contributed by atoms with Crippen molar-refractivity contribution in [2.75, 3.05) is 6.54 Å². The van der Waals surface area contributed by atoms with Crippen LogP contribution in [0.1, 0.15) is 32.1 Å². The van der Waals surface area contributed by atoms with Gasteiger partial charge in [-0.15, -0.1) is 0 Å². The number of nitrogens with two attached hydrogens (primary N) is 2. The second-order valence-corrected chi connectivity index (χ2v) is 7.63. The molecule has 0 aromatic carbocycles. The summed E-state index contributed by atoms with van der Waals surface area (Å²) in [7, 11) is 9.75. The topological polar surface area (TPSA) is 52.0 Å². The van der Waals surface area contributed by atoms with Crippen LogP contribution < -0.4 is 11.5 Å². The number of rotatable bonds is 1. The van der Waals surface area contributed by atoms with Gasteiger partial charge >= 0.3 is 35.3 Å². The zero-order valence-electron chi connectivity index (χ0n) is 8.05. The summed E-state index contributed by atoms with van der Waals surface area (Å²) in [4.78, 5) is 0. The summed E-state index contributed by atoms with van der Waals surface area (Å²) in [6.45, 7) is 0.660. The van der Waals surface area contributed by atoms with Crippen molar-refractivity contribution in [2.24, 2.45) is 17.4 Å². The Hall–Kier alpha value is 1.19. The molecule has 4 N–H and O–H groups in total. The third-order valence-corrected chi connectivity index (χ3v) is 3.19. The Morgan fingerprint density at radius 1 is 1.50 bits per heavy atom. The molecule has 88 valence electrons. The van der Waals surface area contributed by atoms with Gasteiger partial charge in [0.15, 0.2) is 0 Å². The molecule has 0 aromatic heterocycles. The maximum atomic E-state index is 6.13. The second-order valence-electron chi connectivity index (χ2n) is 4.35. The minimum atomic E-state index is -0.472. The number of halogens is 2. The Morgan fingerprint density at radius 2 is 2.14 bits per heavy atom. The van der Waals surface area contributed by atoms with Crippen molar-refractivity contribution in [1.82, 2.24) is 0 Å². The molecule has 2 atom stereocenters. The average Bonchev–Trinajstić information content (AvgIpc) is 2.48. The van der Waals surface area contributed by atoms with E-state index in [2.05, 4.69) is 0 Å². The molecule has 0 aliphatic heterocycles. The van der Waals surface area contributed by atoms with Crippen molar-refractivity contribution in [3.8, 4) is 0 Å². The molecule has 0 aromatic rings. The van der Waals surface area contributed by atoms with Gasteiger partial charge in [-0.2, -0.15) is 19.3 Å². The van der Waals surface area contributed by atoms with Crippen molar-refractivity contribution < 1.29 is 16.5 Å². The molecule has 2 fully saturated rings. The molecule has 2 aliphatic rings. The van der Waals surface area contributed by atoms with Crippen LogP contribution in [0, 0.1) is 11.8 Å². The van der Waals surface area contributed by atoms with Crippen LogP contribution in [0.25, 0.3) is 0 Å². The first-order valence-electron chi connectivity index (χ1n) is 4.78. The molecule has 5 heteroatoms. The van der Waals surface area contributed by atoms with Crippen molar-refractivity contribution in [1.29, 1.82) is 0 Å². The molecular formula is C9H17Cl2N2Pt-. The number of fused-ring (bicyclic) bond motifs is 2. The van der Waals surface area contributed by atoms with E-state index < -0.39 is 16.5 Å². The van der Waals surface area contributed by atoms with Crippen LogP contribution in [0.2, 0.25) is 0 Å². The first-order valence-corrected chi connectivity index (χ1v) is 10.4. The Labute approximate surface area is 102 Å². The fourth-order valence-corrected chi connectivity index (χ4v) is 2.66. The molecule has 2 saturated carbocycles. The molecule has 0 amide bonds. The van der Waals surface area contributed by atoms with E-state index in [1.165, 1.54) is 19.3 Å². The molecule has 0 saturated heterocycles. The summed E-state index contributed by atoms with van der Waals surface area (Å²) in [5.41, 5.74) is 11.8. The number of hydrogen-bond acceptors (Lipinski definition) is 2. The van der Waals surface area contributed by atoms with E-state index in [4.69, 9.17) is 30.3 Å². The van der Waals surface area contributed by atoms with Crippen molar-refractivity contribution in [2.45, 2.75) is 37.6 Å². The molecule has 14 heavy (non-hydrogen) atoms. The van der Waals surface area contributed by atoms with Crippen LogP contribution in [-0.4, -0.2) is 12.1 Å². The molecule has 2 nitrogen and oxygen atoms in total. The summed E-state index contributed by atoms with van der Waals surface area (Å²) in [6.07, 6.45) is 6.30. The predicted octanol–water partition coefficient (Wildman–Crippen LogP) is 2.19. The molecule has 2 bridgehead atoms. The third kappa shape index (κ3) is 3.64. The summed E-state index contributed by atoms with van der Waals surface area (Å²) in [5.74, 6) is 2.54. The second kappa shape index (κ2) is 6.05. The molecule has 2 rings (SSSR count). The van der Waals surface area contributed by atoms with Gasteiger partial charge in [0, 0.05) is 12.1 Å². The fraction of sp³-hybridized carbons (Fsp3) is 0.889. The Bertz CT molecular complexity index is 168. The van der Waals surface area contributed by atoms with Gasteiger partial charge < -0.3 is 17.4 Å². The molecule has 0 radical (unpaired) electrons. The van der Waals surface area contributed by atoms with E-state index >= 15 is 0 Å². The van der Waals surface area contributed by atoms with E-state index in [1.54, 1.807) is 5.92 Å². The van der Waals surface area contributed by atoms with Gasteiger partial charge in [-0.3, -0.25) is 0 Å². The van der Waals surface area contributed by atoms with Crippen LogP contribution in [-0.2, 0) is 16.5 Å². The summed E-state index contributed by atoms with van der Waals surface area (Å²) >= 11 is -0.472. The van der Waals surface area contributed by atoms with E-state index in [0.717, 1.165) is 18.8 Å². The van der Waals surface area contributed by atoms with Crippen LogP contribution in [0.5, 0.6) is 0 Å². The Balaban J connectivity index is 0.000000293. The van der Waals surface area contributed by atoms with E-state index in [1.807, 2.05) is 0 Å². The average molecular weight is 419 g/mol. The summed E-state index contributed by atoms with van der Waals surface area (Å²) in [6, 6.07) is 0. The normalized spacial score (nSPS) is 36.7. The molecular weight excluding hydrogens is 402 g/mol. The van der Waals surface area contributed by atoms with Gasteiger partial charge in [0.05, 0.1) is 0 Å². The summed E-state index contributed by atoms with van der Waals surface area (Å²) < 4.78 is 0. The Morgan fingerprint density at radius 3 is 2.64 bits per heavy atom. The van der Waals surface area contributed by atoms with Crippen LogP contribution in [0.3, 0.4) is 0 Å². The van der Waals surface area contributed by atoms with Crippen LogP contribution in [0.15, 0.2) is 0 Å². The van der Waals surface area contributed by atoms with Crippen LogP contribution >= 0.6 is 18.8 Å². The van der Waals surface area contributed by atoms with Crippen molar-refractivity contribution >= 4 is 18.8 Å². The third-order valence-electron chi connectivity index (χ3n) is 3.19. The minimum absolute atomic E-state index is 0.0330. The van der Waals surface area contributed by atoms with Crippen molar-refractivity contribution in [3.63, 3.8) is 0 Å². The quantitative estimate of drug-likeness (QED) is 0.641. The molecule has 0 heterocycles. The van der Waals surface area contributed by atoms with Gasteiger partial charge in [-0.05, 0) is 6.42 Å².